The fourth-order valence-corrected chi connectivity index (χ4v) is 3.60. The molecule has 1 aliphatic carbocycles. The van der Waals surface area contributed by atoms with E-state index in [0.29, 0.717) is 6.54 Å². The van der Waals surface area contributed by atoms with E-state index >= 15 is 0 Å². The van der Waals surface area contributed by atoms with Crippen molar-refractivity contribution in [1.29, 1.82) is 0 Å². The van der Waals surface area contributed by atoms with Crippen molar-refractivity contribution < 1.29 is 19.7 Å². The van der Waals surface area contributed by atoms with Crippen LogP contribution in [0.15, 0.2) is 71.6 Å². The lowest BCUT2D eigenvalue weighted by Crippen LogP contribution is -3.05. The van der Waals surface area contributed by atoms with Gasteiger partial charge in [0.1, 0.15) is 17.9 Å². The van der Waals surface area contributed by atoms with Gasteiger partial charge in [0.15, 0.2) is 5.78 Å². The molecule has 0 saturated carbocycles. The van der Waals surface area contributed by atoms with Gasteiger partial charge in [-0.1, -0.05) is 18.2 Å². The number of aliphatic hydroxyl groups excluding tert-OH is 1. The van der Waals surface area contributed by atoms with Crippen LogP contribution in [0.3, 0.4) is 0 Å². The molecule has 1 unspecified atom stereocenters. The summed E-state index contributed by atoms with van der Waals surface area (Å²) in [5.41, 5.74) is 3.18. The van der Waals surface area contributed by atoms with Crippen molar-refractivity contribution in [3.05, 3.63) is 87.3 Å². The summed E-state index contributed by atoms with van der Waals surface area (Å²) in [6.07, 6.45) is 7.21. The number of rotatable bonds is 4. The maximum absolute atomic E-state index is 12.1. The third kappa shape index (κ3) is 3.05. The molecule has 2 N–H and O–H groups in total. The zero-order valence-electron chi connectivity index (χ0n) is 14.7. The number of fused-ring (bicyclic) bond motifs is 1. The SMILES string of the molecule is CC1(C)C(=CC=C2C=C([N+](=O)[O-])C=CC2=O)[NH+](CCO)c2ccccc21. The molecule has 1 aromatic rings. The first-order valence-corrected chi connectivity index (χ1v) is 8.44. The molecule has 1 aromatic carbocycles. The van der Waals surface area contributed by atoms with Crippen LogP contribution in [0.5, 0.6) is 0 Å². The predicted octanol–water partition coefficient (Wildman–Crippen LogP) is 1.60. The van der Waals surface area contributed by atoms with Gasteiger partial charge in [-0.05, 0) is 38.1 Å². The second-order valence-corrected chi connectivity index (χ2v) is 6.85. The van der Waals surface area contributed by atoms with Crippen LogP contribution in [-0.4, -0.2) is 29.0 Å². The van der Waals surface area contributed by atoms with Crippen molar-refractivity contribution in [2.24, 2.45) is 0 Å². The van der Waals surface area contributed by atoms with Crippen LogP contribution < -0.4 is 4.90 Å². The van der Waals surface area contributed by atoms with Crippen molar-refractivity contribution in [2.75, 3.05) is 13.2 Å². The molecule has 0 aromatic heterocycles. The van der Waals surface area contributed by atoms with Crippen LogP contribution in [0.2, 0.25) is 0 Å². The van der Waals surface area contributed by atoms with Crippen LogP contribution in [-0.2, 0) is 10.2 Å². The minimum Gasteiger partial charge on any atom is -0.390 e. The molecule has 0 saturated heterocycles. The molecule has 134 valence electrons. The van der Waals surface area contributed by atoms with E-state index in [-0.39, 0.29) is 29.1 Å². The predicted molar refractivity (Wildman–Crippen MR) is 97.4 cm³/mol. The number of allylic oxidation sites excluding steroid dienone is 7. The summed E-state index contributed by atoms with van der Waals surface area (Å²) < 4.78 is 0. The van der Waals surface area contributed by atoms with Gasteiger partial charge in [-0.3, -0.25) is 19.8 Å². The van der Waals surface area contributed by atoms with Crippen molar-refractivity contribution in [3.63, 3.8) is 0 Å². The number of benzene rings is 1. The average Bonchev–Trinajstić information content (AvgIpc) is 2.82. The molecule has 0 spiro atoms. The van der Waals surface area contributed by atoms with Crippen molar-refractivity contribution in [1.82, 2.24) is 0 Å². The zero-order chi connectivity index (χ0) is 18.9. The molecular formula is C20H21N2O4+. The fourth-order valence-electron chi connectivity index (χ4n) is 3.60. The molecule has 0 radical (unpaired) electrons. The van der Waals surface area contributed by atoms with Crippen LogP contribution >= 0.6 is 0 Å². The maximum atomic E-state index is 12.1. The fraction of sp³-hybridized carbons (Fsp3) is 0.250. The van der Waals surface area contributed by atoms with Gasteiger partial charge in [0.05, 0.1) is 16.9 Å². The highest BCUT2D eigenvalue weighted by atomic mass is 16.6. The Labute approximate surface area is 151 Å². The molecular weight excluding hydrogens is 332 g/mol. The minimum absolute atomic E-state index is 0.0285. The van der Waals surface area contributed by atoms with Gasteiger partial charge in [0.25, 0.3) is 5.70 Å². The number of carbonyl (C=O) groups is 1. The lowest BCUT2D eigenvalue weighted by molar-refractivity contribution is -0.789. The number of ketones is 1. The Hall–Kier alpha value is -2.83. The van der Waals surface area contributed by atoms with E-state index in [1.165, 1.54) is 23.8 Å². The van der Waals surface area contributed by atoms with Gasteiger partial charge >= 0.3 is 0 Å². The molecule has 1 aliphatic heterocycles. The first kappa shape index (κ1) is 18.0. The Balaban J connectivity index is 2.06. The minimum atomic E-state index is -0.511. The first-order valence-electron chi connectivity index (χ1n) is 8.44. The van der Waals surface area contributed by atoms with Gasteiger partial charge in [-0.15, -0.1) is 0 Å². The van der Waals surface area contributed by atoms with E-state index in [0.717, 1.165) is 16.3 Å². The van der Waals surface area contributed by atoms with E-state index in [2.05, 4.69) is 19.9 Å². The summed E-state index contributed by atoms with van der Waals surface area (Å²) in [4.78, 5) is 23.5. The third-order valence-electron chi connectivity index (χ3n) is 4.92. The summed E-state index contributed by atoms with van der Waals surface area (Å²) in [5, 5.41) is 20.4. The highest BCUT2D eigenvalue weighted by Crippen LogP contribution is 2.38. The van der Waals surface area contributed by atoms with Gasteiger partial charge < -0.3 is 5.11 Å². The summed E-state index contributed by atoms with van der Waals surface area (Å²) in [6, 6.07) is 8.06. The monoisotopic (exact) mass is 353 g/mol. The van der Waals surface area contributed by atoms with Gasteiger partial charge in [-0.25, -0.2) is 0 Å². The molecule has 6 nitrogen and oxygen atoms in total. The van der Waals surface area contributed by atoms with Crippen LogP contribution in [0.1, 0.15) is 19.4 Å². The molecule has 3 rings (SSSR count). The third-order valence-corrected chi connectivity index (χ3v) is 4.92. The lowest BCUT2D eigenvalue weighted by Gasteiger charge is -2.20. The summed E-state index contributed by atoms with van der Waals surface area (Å²) >= 11 is 0. The number of nitrogens with one attached hydrogen (secondary N) is 1. The summed E-state index contributed by atoms with van der Waals surface area (Å²) in [5.74, 6) is -0.260. The number of aliphatic hydroxyl groups is 1. The van der Waals surface area contributed by atoms with Gasteiger partial charge in [0, 0.05) is 23.3 Å². The Morgan fingerprint density at radius 3 is 2.65 bits per heavy atom. The van der Waals surface area contributed by atoms with Gasteiger partial charge in [-0.2, -0.15) is 0 Å². The highest BCUT2D eigenvalue weighted by Gasteiger charge is 2.44. The smallest absolute Gasteiger partial charge is 0.270 e. The van der Waals surface area contributed by atoms with E-state index in [9.17, 15) is 20.0 Å². The zero-order valence-corrected chi connectivity index (χ0v) is 14.7. The Bertz CT molecular complexity index is 891. The van der Waals surface area contributed by atoms with Crippen LogP contribution in [0.4, 0.5) is 5.69 Å². The van der Waals surface area contributed by atoms with Crippen LogP contribution in [0.25, 0.3) is 0 Å². The molecule has 0 bridgehead atoms. The van der Waals surface area contributed by atoms with Crippen LogP contribution in [0, 0.1) is 10.1 Å². The Morgan fingerprint density at radius 2 is 1.96 bits per heavy atom. The number of nitrogens with zero attached hydrogens (tertiary/aromatic N) is 1. The average molecular weight is 353 g/mol. The standard InChI is InChI=1S/C20H20N2O4/c1-20(2)16-5-3-4-6-17(16)21(11-12-23)19(20)10-7-14-13-15(22(25)26)8-9-18(14)24/h3-10,13,23H,11-12H2,1-2H3/p+1. The number of para-hydroxylation sites is 1. The quantitative estimate of drug-likeness (QED) is 0.489. The van der Waals surface area contributed by atoms with Crippen molar-refractivity contribution in [2.45, 2.75) is 19.3 Å². The van der Waals surface area contributed by atoms with E-state index in [1.807, 2.05) is 24.3 Å². The number of hydrogen-bond donors (Lipinski definition) is 2. The largest absolute Gasteiger partial charge is 0.390 e. The molecule has 2 aliphatic rings. The maximum Gasteiger partial charge on any atom is 0.270 e. The van der Waals surface area contributed by atoms with E-state index in [1.54, 1.807) is 6.08 Å². The lowest BCUT2D eigenvalue weighted by atomic mass is 9.83. The number of carbonyl (C=O) groups excluding carboxylic acids is 1. The first-order chi connectivity index (χ1) is 12.4. The van der Waals surface area contributed by atoms with Crippen molar-refractivity contribution >= 4 is 11.5 Å². The number of hydrogen-bond acceptors (Lipinski definition) is 4. The van der Waals surface area contributed by atoms with Crippen molar-refractivity contribution in [3.8, 4) is 0 Å². The normalized spacial score (nSPS) is 24.0. The molecule has 1 heterocycles. The topological polar surface area (TPSA) is 84.9 Å². The summed E-state index contributed by atoms with van der Waals surface area (Å²) in [7, 11) is 0. The summed E-state index contributed by atoms with van der Waals surface area (Å²) in [6.45, 7) is 4.74. The van der Waals surface area contributed by atoms with E-state index in [4.69, 9.17) is 0 Å². The second-order valence-electron chi connectivity index (χ2n) is 6.85. The Kier molecular flexibility index (Phi) is 4.71. The highest BCUT2D eigenvalue weighted by molar-refractivity contribution is 6.07. The molecule has 1 atom stereocenters. The van der Waals surface area contributed by atoms with E-state index < -0.39 is 4.92 Å². The molecule has 0 fully saturated rings. The number of nitro groups is 1. The Morgan fingerprint density at radius 1 is 1.23 bits per heavy atom. The molecule has 26 heavy (non-hydrogen) atoms. The number of quaternary nitrogens is 1. The molecule has 6 heteroatoms. The molecule has 0 amide bonds. The van der Waals surface area contributed by atoms with Gasteiger partial charge in [0.2, 0.25) is 0 Å². The second kappa shape index (κ2) is 6.82.